The van der Waals surface area contributed by atoms with Crippen LogP contribution in [0.3, 0.4) is 0 Å². The average Bonchev–Trinajstić information content (AvgIpc) is 3.65. The van der Waals surface area contributed by atoms with Crippen LogP contribution < -0.4 is 15.5 Å². The Morgan fingerprint density at radius 2 is 1.90 bits per heavy atom. The highest BCUT2D eigenvalue weighted by atomic mass is 16.1. The van der Waals surface area contributed by atoms with E-state index in [0.29, 0.717) is 11.5 Å². The first kappa shape index (κ1) is 18.3. The molecule has 2 saturated carbocycles. The maximum Gasteiger partial charge on any atom is 0.255 e. The Bertz CT molecular complexity index is 878. The first-order chi connectivity index (χ1) is 14.3. The molecular formula is C22H28N6O. The fourth-order valence-electron chi connectivity index (χ4n) is 3.86. The van der Waals surface area contributed by atoms with E-state index >= 15 is 0 Å². The summed E-state index contributed by atoms with van der Waals surface area (Å²) in [6.45, 7) is 3.41. The second kappa shape index (κ2) is 7.97. The van der Waals surface area contributed by atoms with Gasteiger partial charge in [-0.25, -0.2) is 15.0 Å². The van der Waals surface area contributed by atoms with Gasteiger partial charge in [0.15, 0.2) is 0 Å². The minimum atomic E-state index is 0.00222. The molecular weight excluding hydrogens is 364 g/mol. The number of carbonyl (C=O) groups excluding carboxylic acids is 1. The van der Waals surface area contributed by atoms with Gasteiger partial charge in [-0.1, -0.05) is 0 Å². The van der Waals surface area contributed by atoms with Gasteiger partial charge < -0.3 is 15.5 Å². The molecule has 2 N–H and O–H groups in total. The van der Waals surface area contributed by atoms with Crippen LogP contribution in [-0.2, 0) is 12.8 Å². The molecule has 0 radical (unpaired) electrons. The van der Waals surface area contributed by atoms with E-state index in [-0.39, 0.29) is 5.91 Å². The van der Waals surface area contributed by atoms with Gasteiger partial charge in [0.25, 0.3) is 5.91 Å². The predicted octanol–water partition coefficient (Wildman–Crippen LogP) is 2.44. The standard InChI is InChI=1S/C22H28N6O/c29-22(25-13-16-3-4-16)18-11-17-6-9-28(20-5-8-23-14-26-20)10-7-19(17)27-21(18)24-12-15-1-2-15/h5,8,11,14-16H,1-4,6-7,9-10,12-13H2,(H,24,27)(H,25,29). The largest absolute Gasteiger partial charge is 0.369 e. The molecule has 7 heteroatoms. The molecule has 1 aliphatic heterocycles. The number of rotatable bonds is 7. The molecule has 5 rings (SSSR count). The Hall–Kier alpha value is -2.70. The van der Waals surface area contributed by atoms with E-state index in [1.807, 2.05) is 6.07 Å². The molecule has 3 aliphatic rings. The van der Waals surface area contributed by atoms with Crippen LogP contribution in [0.1, 0.15) is 47.3 Å². The van der Waals surface area contributed by atoms with Gasteiger partial charge in [-0.05, 0) is 61.6 Å². The molecule has 2 aliphatic carbocycles. The summed E-state index contributed by atoms with van der Waals surface area (Å²) in [5, 5.41) is 6.58. The molecule has 2 aromatic heterocycles. The zero-order chi connectivity index (χ0) is 19.6. The third-order valence-electron chi connectivity index (χ3n) is 6.10. The maximum atomic E-state index is 12.9. The minimum absolute atomic E-state index is 0.00222. The second-order valence-corrected chi connectivity index (χ2v) is 8.52. The average molecular weight is 393 g/mol. The van der Waals surface area contributed by atoms with Crippen molar-refractivity contribution in [3.05, 3.63) is 41.5 Å². The van der Waals surface area contributed by atoms with E-state index in [1.54, 1.807) is 12.5 Å². The van der Waals surface area contributed by atoms with Crippen LogP contribution in [0.15, 0.2) is 24.7 Å². The highest BCUT2D eigenvalue weighted by molar-refractivity contribution is 5.99. The summed E-state index contributed by atoms with van der Waals surface area (Å²) in [6, 6.07) is 4.02. The van der Waals surface area contributed by atoms with Crippen molar-refractivity contribution in [2.75, 3.05) is 36.4 Å². The van der Waals surface area contributed by atoms with E-state index in [0.717, 1.165) is 62.3 Å². The minimum Gasteiger partial charge on any atom is -0.369 e. The number of nitrogens with zero attached hydrogens (tertiary/aromatic N) is 4. The number of anilines is 2. The molecule has 0 saturated heterocycles. The lowest BCUT2D eigenvalue weighted by molar-refractivity contribution is 0.0952. The first-order valence-electron chi connectivity index (χ1n) is 10.8. The first-order valence-corrected chi connectivity index (χ1v) is 10.8. The topological polar surface area (TPSA) is 83.0 Å². The van der Waals surface area contributed by atoms with Crippen molar-refractivity contribution >= 4 is 17.5 Å². The summed E-state index contributed by atoms with van der Waals surface area (Å²) in [4.78, 5) is 28.5. The Balaban J connectivity index is 1.37. The van der Waals surface area contributed by atoms with Gasteiger partial charge in [-0.3, -0.25) is 4.79 Å². The zero-order valence-electron chi connectivity index (χ0n) is 16.7. The highest BCUT2D eigenvalue weighted by Gasteiger charge is 2.26. The Morgan fingerprint density at radius 3 is 2.66 bits per heavy atom. The van der Waals surface area contributed by atoms with E-state index in [4.69, 9.17) is 4.98 Å². The summed E-state index contributed by atoms with van der Waals surface area (Å²) in [5.41, 5.74) is 2.97. The SMILES string of the molecule is O=C(NCC1CC1)c1cc2c(nc1NCC1CC1)CCN(c1ccncn1)CC2. The third-order valence-corrected chi connectivity index (χ3v) is 6.10. The molecule has 29 heavy (non-hydrogen) atoms. The van der Waals surface area contributed by atoms with Crippen molar-refractivity contribution in [2.24, 2.45) is 11.8 Å². The van der Waals surface area contributed by atoms with Gasteiger partial charge >= 0.3 is 0 Å². The van der Waals surface area contributed by atoms with Crippen LogP contribution in [0.2, 0.25) is 0 Å². The third kappa shape index (κ3) is 4.49. The number of hydrogen-bond acceptors (Lipinski definition) is 6. The van der Waals surface area contributed by atoms with E-state index < -0.39 is 0 Å². The Kier molecular flexibility index (Phi) is 5.04. The molecule has 0 unspecified atom stereocenters. The molecule has 0 spiro atoms. The van der Waals surface area contributed by atoms with Gasteiger partial charge in [-0.15, -0.1) is 0 Å². The number of aromatic nitrogens is 3. The van der Waals surface area contributed by atoms with Crippen molar-refractivity contribution in [1.29, 1.82) is 0 Å². The van der Waals surface area contributed by atoms with Gasteiger partial charge in [-0.2, -0.15) is 0 Å². The molecule has 7 nitrogen and oxygen atoms in total. The number of carbonyl (C=O) groups is 1. The molecule has 152 valence electrons. The Morgan fingerprint density at radius 1 is 1.10 bits per heavy atom. The second-order valence-electron chi connectivity index (χ2n) is 8.52. The van der Waals surface area contributed by atoms with Crippen LogP contribution in [0.25, 0.3) is 0 Å². The zero-order valence-corrected chi connectivity index (χ0v) is 16.7. The number of pyridine rings is 1. The lowest BCUT2D eigenvalue weighted by Crippen LogP contribution is -2.27. The van der Waals surface area contributed by atoms with Crippen LogP contribution in [0.4, 0.5) is 11.6 Å². The summed E-state index contributed by atoms with van der Waals surface area (Å²) in [7, 11) is 0. The summed E-state index contributed by atoms with van der Waals surface area (Å²) in [5.74, 6) is 3.09. The lowest BCUT2D eigenvalue weighted by atomic mass is 10.0. The van der Waals surface area contributed by atoms with Gasteiger partial charge in [0.2, 0.25) is 0 Å². The molecule has 0 bridgehead atoms. The number of amides is 1. The molecule has 2 fully saturated rings. The molecule has 0 atom stereocenters. The lowest BCUT2D eigenvalue weighted by Gasteiger charge is -2.20. The van der Waals surface area contributed by atoms with Crippen molar-refractivity contribution in [3.63, 3.8) is 0 Å². The Labute approximate surface area is 171 Å². The van der Waals surface area contributed by atoms with Crippen molar-refractivity contribution < 1.29 is 4.79 Å². The molecule has 3 heterocycles. The molecule has 2 aromatic rings. The quantitative estimate of drug-likeness (QED) is 0.753. The van der Waals surface area contributed by atoms with E-state index in [2.05, 4.69) is 31.6 Å². The summed E-state index contributed by atoms with van der Waals surface area (Å²) < 4.78 is 0. The fourth-order valence-corrected chi connectivity index (χ4v) is 3.86. The van der Waals surface area contributed by atoms with E-state index in [1.165, 1.54) is 31.2 Å². The predicted molar refractivity (Wildman–Crippen MR) is 112 cm³/mol. The smallest absolute Gasteiger partial charge is 0.255 e. The normalized spacial score (nSPS) is 18.7. The van der Waals surface area contributed by atoms with Crippen LogP contribution in [0.5, 0.6) is 0 Å². The maximum absolute atomic E-state index is 12.9. The molecule has 1 amide bonds. The van der Waals surface area contributed by atoms with Crippen LogP contribution >= 0.6 is 0 Å². The number of nitrogens with one attached hydrogen (secondary N) is 2. The van der Waals surface area contributed by atoms with Crippen molar-refractivity contribution in [2.45, 2.75) is 38.5 Å². The monoisotopic (exact) mass is 392 g/mol. The molecule has 0 aromatic carbocycles. The van der Waals surface area contributed by atoms with Crippen LogP contribution in [0, 0.1) is 11.8 Å². The van der Waals surface area contributed by atoms with Crippen molar-refractivity contribution in [3.8, 4) is 0 Å². The highest BCUT2D eigenvalue weighted by Crippen LogP contribution is 2.30. The van der Waals surface area contributed by atoms with Gasteiger partial charge in [0.05, 0.1) is 5.56 Å². The van der Waals surface area contributed by atoms with Crippen molar-refractivity contribution in [1.82, 2.24) is 20.3 Å². The summed E-state index contributed by atoms with van der Waals surface area (Å²) >= 11 is 0. The number of hydrogen-bond donors (Lipinski definition) is 2. The number of fused-ring (bicyclic) bond motifs is 1. The summed E-state index contributed by atoms with van der Waals surface area (Å²) in [6.07, 6.45) is 10.1. The van der Waals surface area contributed by atoms with Crippen LogP contribution in [-0.4, -0.2) is 47.0 Å². The van der Waals surface area contributed by atoms with Gasteiger partial charge in [0.1, 0.15) is 18.0 Å². The van der Waals surface area contributed by atoms with E-state index in [9.17, 15) is 4.79 Å². The van der Waals surface area contributed by atoms with Gasteiger partial charge in [0, 0.05) is 44.5 Å². The fraction of sp³-hybridized carbons (Fsp3) is 0.545.